The number of benzene rings is 3. The number of nitriles is 1. The molecule has 8 nitrogen and oxygen atoms in total. The monoisotopic (exact) mass is 515 g/mol. The van der Waals surface area contributed by atoms with E-state index in [-0.39, 0.29) is 28.9 Å². The fraction of sp³-hybridized carbons (Fsp3) is 0.214. The van der Waals surface area contributed by atoms with Gasteiger partial charge in [-0.2, -0.15) is 5.26 Å². The first-order valence-corrected chi connectivity index (χ1v) is 12.6. The second-order valence-corrected chi connectivity index (χ2v) is 9.18. The van der Waals surface area contributed by atoms with Crippen molar-refractivity contribution in [3.63, 3.8) is 0 Å². The van der Waals surface area contributed by atoms with Crippen molar-refractivity contribution >= 4 is 46.0 Å². The molecule has 0 aromatic heterocycles. The number of hydrogen-bond acceptors (Lipinski definition) is 7. The maximum Gasteiger partial charge on any atom is 0.319 e. The third-order valence-electron chi connectivity index (χ3n) is 5.92. The Kier molecular flexibility index (Phi) is 8.11. The van der Waals surface area contributed by atoms with Crippen LogP contribution in [0.25, 0.3) is 10.8 Å². The molecule has 1 aliphatic rings. The molecule has 9 heteroatoms. The van der Waals surface area contributed by atoms with E-state index >= 15 is 0 Å². The van der Waals surface area contributed by atoms with Gasteiger partial charge in [0.1, 0.15) is 11.7 Å². The molecular formula is C28H25N3O5S. The zero-order valence-electron chi connectivity index (χ0n) is 20.3. The molecule has 0 saturated heterocycles. The van der Waals surface area contributed by atoms with Gasteiger partial charge in [-0.1, -0.05) is 60.3 Å². The molecule has 0 radical (unpaired) electrons. The first-order chi connectivity index (χ1) is 18.0. The van der Waals surface area contributed by atoms with Crippen molar-refractivity contribution in [1.29, 1.82) is 5.26 Å². The van der Waals surface area contributed by atoms with Crippen molar-refractivity contribution in [2.75, 3.05) is 24.8 Å². The van der Waals surface area contributed by atoms with Gasteiger partial charge in [0.05, 0.1) is 36.1 Å². The number of thioether (sulfide) groups is 1. The first kappa shape index (κ1) is 25.8. The molecule has 0 saturated carbocycles. The van der Waals surface area contributed by atoms with Gasteiger partial charge in [-0.25, -0.2) is 0 Å². The fourth-order valence-electron chi connectivity index (χ4n) is 4.29. The molecule has 0 unspecified atom stereocenters. The Morgan fingerprint density at radius 1 is 1.08 bits per heavy atom. The van der Waals surface area contributed by atoms with Crippen LogP contribution in [0.15, 0.2) is 77.3 Å². The van der Waals surface area contributed by atoms with Crippen LogP contribution >= 0.6 is 11.8 Å². The van der Waals surface area contributed by atoms with E-state index in [1.807, 2.05) is 42.5 Å². The van der Waals surface area contributed by atoms with Gasteiger partial charge in [0.25, 0.3) is 0 Å². The molecule has 3 aromatic carbocycles. The van der Waals surface area contributed by atoms with Crippen LogP contribution in [-0.4, -0.2) is 37.3 Å². The van der Waals surface area contributed by atoms with Gasteiger partial charge < -0.3 is 20.1 Å². The molecule has 0 bridgehead atoms. The minimum absolute atomic E-state index is 0.0592. The molecule has 0 aliphatic carbocycles. The number of rotatable bonds is 8. The molecule has 2 atom stereocenters. The number of anilines is 1. The second kappa shape index (κ2) is 11.6. The lowest BCUT2D eigenvalue weighted by atomic mass is 9.78. The summed E-state index contributed by atoms with van der Waals surface area (Å²) >= 11 is 1.02. The minimum atomic E-state index is -1.28. The molecule has 2 amide bonds. The minimum Gasteiger partial charge on any atom is -0.496 e. The molecular weight excluding hydrogens is 490 g/mol. The highest BCUT2D eigenvalue weighted by Crippen LogP contribution is 2.43. The van der Waals surface area contributed by atoms with Crippen molar-refractivity contribution in [3.8, 4) is 11.8 Å². The number of allylic oxidation sites excluding steroid dienone is 1. The van der Waals surface area contributed by atoms with Gasteiger partial charge in [0.2, 0.25) is 11.8 Å². The molecule has 1 aliphatic heterocycles. The summed E-state index contributed by atoms with van der Waals surface area (Å²) in [5, 5.41) is 17.9. The number of nitrogens with one attached hydrogen (secondary N) is 2. The summed E-state index contributed by atoms with van der Waals surface area (Å²) in [6.45, 7) is 1.73. The number of methoxy groups -OCH3 is 1. The predicted octanol–water partition coefficient (Wildman–Crippen LogP) is 4.35. The topological polar surface area (TPSA) is 118 Å². The van der Waals surface area contributed by atoms with Crippen LogP contribution in [0.3, 0.4) is 0 Å². The molecule has 37 heavy (non-hydrogen) atoms. The maximum absolute atomic E-state index is 13.1. The highest BCUT2D eigenvalue weighted by molar-refractivity contribution is 8.03. The molecule has 3 aromatic rings. The fourth-order valence-corrected chi connectivity index (χ4v) is 5.13. The molecule has 2 N–H and O–H groups in total. The van der Waals surface area contributed by atoms with Gasteiger partial charge >= 0.3 is 5.97 Å². The van der Waals surface area contributed by atoms with Gasteiger partial charge in [-0.3, -0.25) is 14.4 Å². The summed E-state index contributed by atoms with van der Waals surface area (Å²) in [5.74, 6) is -3.48. The Labute approximate surface area is 218 Å². The third kappa shape index (κ3) is 5.60. The standard InChI is InChI=1S/C28H25N3O5S/c1-3-36-28(34)25-24(20-10-6-7-11-22(20)35-2)21(15-29)27(31-26(25)33)37-16-23(32)30-19-13-12-17-8-4-5-9-18(17)14-19/h4-14,24-25H,3,16H2,1-2H3,(H,30,32)(H,31,33)/t24-,25-/m1/s1. The van der Waals surface area contributed by atoms with Crippen LogP contribution < -0.4 is 15.4 Å². The third-order valence-corrected chi connectivity index (χ3v) is 6.94. The van der Waals surface area contributed by atoms with Gasteiger partial charge in [0, 0.05) is 17.2 Å². The largest absolute Gasteiger partial charge is 0.496 e. The normalized spacial score (nSPS) is 17.1. The Morgan fingerprint density at radius 3 is 2.54 bits per heavy atom. The SMILES string of the molecule is CCOC(=O)[C@H]1C(=O)NC(SCC(=O)Nc2ccc3ccccc3c2)=C(C#N)[C@H]1c1ccccc1OC. The molecule has 188 valence electrons. The lowest BCUT2D eigenvalue weighted by molar-refractivity contribution is -0.152. The average Bonchev–Trinajstić information content (AvgIpc) is 2.91. The first-order valence-electron chi connectivity index (χ1n) is 11.6. The van der Waals surface area contributed by atoms with Crippen LogP contribution in [-0.2, 0) is 19.1 Å². The van der Waals surface area contributed by atoms with Crippen molar-refractivity contribution < 1.29 is 23.9 Å². The number of carbonyl (C=O) groups excluding carboxylic acids is 3. The number of ether oxygens (including phenoxy) is 2. The van der Waals surface area contributed by atoms with Crippen LogP contribution in [0.4, 0.5) is 5.69 Å². The summed E-state index contributed by atoms with van der Waals surface area (Å²) in [6, 6.07) is 22.5. The quantitative estimate of drug-likeness (QED) is 0.338. The van der Waals surface area contributed by atoms with Crippen molar-refractivity contribution in [2.45, 2.75) is 12.8 Å². The Bertz CT molecular complexity index is 1430. The van der Waals surface area contributed by atoms with Crippen molar-refractivity contribution in [1.82, 2.24) is 5.32 Å². The number of amides is 2. The van der Waals surface area contributed by atoms with E-state index in [0.717, 1.165) is 22.5 Å². The number of fused-ring (bicyclic) bond motifs is 1. The summed E-state index contributed by atoms with van der Waals surface area (Å²) in [7, 11) is 1.48. The van der Waals surface area contributed by atoms with E-state index in [0.29, 0.717) is 17.0 Å². The van der Waals surface area contributed by atoms with Crippen molar-refractivity contribution in [3.05, 3.63) is 82.9 Å². The lowest BCUT2D eigenvalue weighted by Crippen LogP contribution is -2.44. The zero-order chi connectivity index (χ0) is 26.4. The number of carbonyl (C=O) groups is 3. The second-order valence-electron chi connectivity index (χ2n) is 8.19. The van der Waals surface area contributed by atoms with Gasteiger partial charge in [-0.05, 0) is 35.9 Å². The summed E-state index contributed by atoms with van der Waals surface area (Å²) < 4.78 is 10.6. The van der Waals surface area contributed by atoms with Crippen LogP contribution in [0.5, 0.6) is 5.75 Å². The van der Waals surface area contributed by atoms with E-state index in [2.05, 4.69) is 16.7 Å². The molecule has 1 heterocycles. The van der Waals surface area contributed by atoms with E-state index in [9.17, 15) is 19.6 Å². The number of nitrogens with zero attached hydrogens (tertiary/aromatic N) is 1. The van der Waals surface area contributed by atoms with Crippen molar-refractivity contribution in [2.24, 2.45) is 5.92 Å². The smallest absolute Gasteiger partial charge is 0.319 e. The van der Waals surface area contributed by atoms with E-state index in [1.165, 1.54) is 7.11 Å². The molecule has 0 fully saturated rings. The van der Waals surface area contributed by atoms with E-state index in [4.69, 9.17) is 9.47 Å². The lowest BCUT2D eigenvalue weighted by Gasteiger charge is -2.31. The average molecular weight is 516 g/mol. The highest BCUT2D eigenvalue weighted by atomic mass is 32.2. The number of hydrogen-bond donors (Lipinski definition) is 2. The predicted molar refractivity (Wildman–Crippen MR) is 142 cm³/mol. The highest BCUT2D eigenvalue weighted by Gasteiger charge is 2.45. The Hall–Kier alpha value is -4.29. The van der Waals surface area contributed by atoms with Gasteiger partial charge in [-0.15, -0.1) is 0 Å². The summed E-state index contributed by atoms with van der Waals surface area (Å²) in [6.07, 6.45) is 0. The number of para-hydroxylation sites is 1. The Balaban J connectivity index is 1.61. The molecule has 0 spiro atoms. The van der Waals surface area contributed by atoms with Gasteiger partial charge in [0.15, 0.2) is 0 Å². The zero-order valence-corrected chi connectivity index (χ0v) is 21.1. The van der Waals surface area contributed by atoms with E-state index in [1.54, 1.807) is 31.2 Å². The van der Waals surface area contributed by atoms with Crippen LogP contribution in [0.1, 0.15) is 18.4 Å². The van der Waals surface area contributed by atoms with Crippen LogP contribution in [0.2, 0.25) is 0 Å². The number of esters is 1. The Morgan fingerprint density at radius 2 is 1.81 bits per heavy atom. The summed E-state index contributed by atoms with van der Waals surface area (Å²) in [5.41, 5.74) is 1.31. The van der Waals surface area contributed by atoms with Crippen LogP contribution in [0, 0.1) is 17.2 Å². The van der Waals surface area contributed by atoms with E-state index < -0.39 is 23.7 Å². The summed E-state index contributed by atoms with van der Waals surface area (Å²) in [4.78, 5) is 38.6. The maximum atomic E-state index is 13.1. The molecule has 4 rings (SSSR count).